The molecule has 3 fully saturated rings. The van der Waals surface area contributed by atoms with E-state index in [0.29, 0.717) is 24.2 Å². The molecule has 1 aromatic heterocycles. The Morgan fingerprint density at radius 1 is 1.00 bits per heavy atom. The van der Waals surface area contributed by atoms with Gasteiger partial charge in [0, 0.05) is 47.5 Å². The van der Waals surface area contributed by atoms with Crippen LogP contribution < -0.4 is 9.80 Å². The monoisotopic (exact) mass is 445 g/mol. The van der Waals surface area contributed by atoms with E-state index in [0.717, 1.165) is 37.1 Å². The number of carbonyl (C=O) groups is 1. The van der Waals surface area contributed by atoms with Crippen LogP contribution in [0.25, 0.3) is 0 Å². The minimum absolute atomic E-state index is 0.201. The first-order valence-corrected chi connectivity index (χ1v) is 12.9. The Morgan fingerprint density at radius 2 is 1.64 bits per heavy atom. The number of Topliss-reactive ketones (excluding diaryl/α,β-unsaturated/α-hetero) is 1. The number of ketones is 1. The van der Waals surface area contributed by atoms with Gasteiger partial charge in [0.15, 0.2) is 5.78 Å². The second-order valence-electron chi connectivity index (χ2n) is 11.7. The van der Waals surface area contributed by atoms with Crippen molar-refractivity contribution in [1.82, 2.24) is 4.98 Å². The van der Waals surface area contributed by atoms with Gasteiger partial charge in [-0.2, -0.15) is 0 Å². The maximum absolute atomic E-state index is 12.4. The number of fused-ring (bicyclic) bond motifs is 2. The second-order valence-corrected chi connectivity index (χ2v) is 11.7. The van der Waals surface area contributed by atoms with Gasteiger partial charge < -0.3 is 9.80 Å². The number of anilines is 2. The highest BCUT2D eigenvalue weighted by atomic mass is 16.1. The molecule has 4 nitrogen and oxygen atoms in total. The molecule has 0 radical (unpaired) electrons. The van der Waals surface area contributed by atoms with Crippen LogP contribution in [0.3, 0.4) is 0 Å². The smallest absolute Gasteiger partial charge is 0.167 e. The van der Waals surface area contributed by atoms with E-state index in [4.69, 9.17) is 4.98 Å². The minimum Gasteiger partial charge on any atom is -0.365 e. The number of hydrogen-bond acceptors (Lipinski definition) is 4. The average molecular weight is 446 g/mol. The summed E-state index contributed by atoms with van der Waals surface area (Å²) in [4.78, 5) is 22.5. The normalized spacial score (nSPS) is 25.7. The standard InChI is InChI=1S/C29H39N3O/c1-19-6-11-23(12-7-19)31(20(2)29(3,4)5)26-16-24-13-14-25(17-26)32(24)27-15-10-22(18-30-27)28(33)21-8-9-21/h6-7,10-12,15,18,20-21,24-26H,8-9,13-14,16-17H2,1-5H3/t20-,24?,25?,26?/m1/s1. The van der Waals surface area contributed by atoms with Gasteiger partial charge in [0.1, 0.15) is 5.82 Å². The molecule has 0 amide bonds. The van der Waals surface area contributed by atoms with Gasteiger partial charge in [0.25, 0.3) is 0 Å². The lowest BCUT2D eigenvalue weighted by Crippen LogP contribution is -2.55. The lowest BCUT2D eigenvalue weighted by atomic mass is 9.83. The molecule has 2 unspecified atom stereocenters. The molecule has 3 aliphatic rings. The molecule has 4 heteroatoms. The summed E-state index contributed by atoms with van der Waals surface area (Å²) in [6.07, 6.45) is 8.70. The summed E-state index contributed by atoms with van der Waals surface area (Å²) in [5, 5.41) is 0. The summed E-state index contributed by atoms with van der Waals surface area (Å²) in [6.45, 7) is 11.6. The van der Waals surface area contributed by atoms with E-state index in [1.165, 1.54) is 24.1 Å². The molecule has 2 aliphatic heterocycles. The fraction of sp³-hybridized carbons (Fsp3) is 0.586. The summed E-state index contributed by atoms with van der Waals surface area (Å²) in [5.41, 5.74) is 3.65. The Morgan fingerprint density at radius 3 is 2.15 bits per heavy atom. The van der Waals surface area contributed by atoms with Crippen LogP contribution in [0.2, 0.25) is 0 Å². The number of benzene rings is 1. The lowest BCUT2D eigenvalue weighted by Gasteiger charge is -2.49. The maximum atomic E-state index is 12.4. The molecule has 2 bridgehead atoms. The Labute approximate surface area is 199 Å². The zero-order valence-corrected chi connectivity index (χ0v) is 20.9. The van der Waals surface area contributed by atoms with E-state index in [2.05, 4.69) is 74.8 Å². The van der Waals surface area contributed by atoms with Crippen LogP contribution >= 0.6 is 0 Å². The summed E-state index contributed by atoms with van der Waals surface area (Å²) >= 11 is 0. The molecule has 2 saturated heterocycles. The third-order valence-electron chi connectivity index (χ3n) is 8.35. The molecule has 1 aliphatic carbocycles. The molecule has 176 valence electrons. The van der Waals surface area contributed by atoms with Crippen LogP contribution in [0.1, 0.15) is 82.1 Å². The van der Waals surface area contributed by atoms with Gasteiger partial charge in [-0.1, -0.05) is 38.5 Å². The van der Waals surface area contributed by atoms with Crippen LogP contribution in [-0.4, -0.2) is 34.9 Å². The third-order valence-corrected chi connectivity index (χ3v) is 8.35. The lowest BCUT2D eigenvalue weighted by molar-refractivity contribution is 0.0967. The van der Waals surface area contributed by atoms with E-state index < -0.39 is 0 Å². The van der Waals surface area contributed by atoms with Crippen LogP contribution in [0.15, 0.2) is 42.6 Å². The van der Waals surface area contributed by atoms with Gasteiger partial charge in [-0.15, -0.1) is 0 Å². The summed E-state index contributed by atoms with van der Waals surface area (Å²) in [6, 6.07) is 15.2. The largest absolute Gasteiger partial charge is 0.365 e. The highest BCUT2D eigenvalue weighted by molar-refractivity contribution is 5.99. The average Bonchev–Trinajstić information content (AvgIpc) is 3.59. The number of carbonyl (C=O) groups excluding carboxylic acids is 1. The van der Waals surface area contributed by atoms with Crippen molar-refractivity contribution in [2.24, 2.45) is 11.3 Å². The van der Waals surface area contributed by atoms with E-state index >= 15 is 0 Å². The molecule has 2 aromatic rings. The molecule has 3 atom stereocenters. The van der Waals surface area contributed by atoms with Gasteiger partial charge in [-0.3, -0.25) is 4.79 Å². The zero-order valence-electron chi connectivity index (χ0n) is 20.9. The number of aryl methyl sites for hydroxylation is 1. The second kappa shape index (κ2) is 8.45. The fourth-order valence-corrected chi connectivity index (χ4v) is 5.90. The van der Waals surface area contributed by atoms with Crippen molar-refractivity contribution in [2.75, 3.05) is 9.80 Å². The topological polar surface area (TPSA) is 36.4 Å². The number of pyridine rings is 1. The Kier molecular flexibility index (Phi) is 5.74. The minimum atomic E-state index is 0.201. The SMILES string of the molecule is Cc1ccc(N(C2CC3CCC(C2)N3c2ccc(C(=O)C3CC3)cn2)[C@H](C)C(C)(C)C)cc1. The van der Waals surface area contributed by atoms with Crippen molar-refractivity contribution in [3.8, 4) is 0 Å². The molecule has 3 heterocycles. The quantitative estimate of drug-likeness (QED) is 0.481. The molecule has 1 saturated carbocycles. The number of aromatic nitrogens is 1. The molecule has 1 aromatic carbocycles. The number of rotatable bonds is 6. The first-order chi connectivity index (χ1) is 15.7. The van der Waals surface area contributed by atoms with Crippen LogP contribution in [-0.2, 0) is 0 Å². The van der Waals surface area contributed by atoms with Crippen molar-refractivity contribution in [3.63, 3.8) is 0 Å². The predicted octanol–water partition coefficient (Wildman–Crippen LogP) is 6.42. The van der Waals surface area contributed by atoms with E-state index in [-0.39, 0.29) is 17.1 Å². The first kappa shape index (κ1) is 22.4. The van der Waals surface area contributed by atoms with E-state index in [1.54, 1.807) is 0 Å². The van der Waals surface area contributed by atoms with Crippen molar-refractivity contribution in [2.45, 2.75) is 97.3 Å². The maximum Gasteiger partial charge on any atom is 0.167 e. The molecular formula is C29H39N3O. The Bertz CT molecular complexity index is 973. The zero-order chi connectivity index (χ0) is 23.3. The molecule has 0 N–H and O–H groups in total. The molecule has 0 spiro atoms. The third kappa shape index (κ3) is 4.41. The summed E-state index contributed by atoms with van der Waals surface area (Å²) in [5.74, 6) is 1.59. The van der Waals surface area contributed by atoms with E-state index in [1.807, 2.05) is 12.3 Å². The molecular weight excluding hydrogens is 406 g/mol. The number of hydrogen-bond donors (Lipinski definition) is 0. The van der Waals surface area contributed by atoms with Crippen LogP contribution in [0.4, 0.5) is 11.5 Å². The highest BCUT2D eigenvalue weighted by Crippen LogP contribution is 2.43. The Hall–Kier alpha value is -2.36. The van der Waals surface area contributed by atoms with E-state index in [9.17, 15) is 4.79 Å². The molecule has 5 rings (SSSR count). The van der Waals surface area contributed by atoms with Gasteiger partial charge >= 0.3 is 0 Å². The molecule has 33 heavy (non-hydrogen) atoms. The van der Waals surface area contributed by atoms with Gasteiger partial charge in [0.2, 0.25) is 0 Å². The predicted molar refractivity (Wildman–Crippen MR) is 136 cm³/mol. The van der Waals surface area contributed by atoms with Gasteiger partial charge in [-0.25, -0.2) is 4.98 Å². The highest BCUT2D eigenvalue weighted by Gasteiger charge is 2.45. The fourth-order valence-electron chi connectivity index (χ4n) is 5.90. The van der Waals surface area contributed by atoms with Crippen molar-refractivity contribution >= 4 is 17.3 Å². The Balaban J connectivity index is 1.37. The van der Waals surface area contributed by atoms with Gasteiger partial charge in [-0.05, 0) is 82.1 Å². The van der Waals surface area contributed by atoms with Gasteiger partial charge in [0.05, 0.1) is 0 Å². The van der Waals surface area contributed by atoms with Crippen molar-refractivity contribution in [3.05, 3.63) is 53.7 Å². The van der Waals surface area contributed by atoms with Crippen molar-refractivity contribution in [1.29, 1.82) is 0 Å². The first-order valence-electron chi connectivity index (χ1n) is 12.9. The summed E-state index contributed by atoms with van der Waals surface area (Å²) in [7, 11) is 0. The van der Waals surface area contributed by atoms with Crippen LogP contribution in [0, 0.1) is 18.3 Å². The summed E-state index contributed by atoms with van der Waals surface area (Å²) < 4.78 is 0. The van der Waals surface area contributed by atoms with Crippen molar-refractivity contribution < 1.29 is 4.79 Å². The number of nitrogens with zero attached hydrogens (tertiary/aromatic N) is 3. The van der Waals surface area contributed by atoms with Crippen LogP contribution in [0.5, 0.6) is 0 Å². The number of piperidine rings is 1.